The Morgan fingerprint density at radius 3 is 2.39 bits per heavy atom. The van der Waals surface area contributed by atoms with Gasteiger partial charge in [-0.1, -0.05) is 54.6 Å². The summed E-state index contributed by atoms with van der Waals surface area (Å²) in [7, 11) is 0. The van der Waals surface area contributed by atoms with Crippen LogP contribution in [0.2, 0.25) is 0 Å². The number of thioether (sulfide) groups is 1. The molecule has 0 fully saturated rings. The summed E-state index contributed by atoms with van der Waals surface area (Å²) < 4.78 is 11.9. The van der Waals surface area contributed by atoms with Gasteiger partial charge in [-0.25, -0.2) is 4.79 Å². The Hall–Kier alpha value is -4.14. The lowest BCUT2D eigenvalue weighted by molar-refractivity contribution is -0.139. The van der Waals surface area contributed by atoms with E-state index in [-0.39, 0.29) is 19.0 Å². The molecule has 1 heterocycles. The number of carboxylic acids is 1. The maximum Gasteiger partial charge on any atom is 0.326 e. The van der Waals surface area contributed by atoms with Crippen LogP contribution in [0, 0.1) is 6.92 Å². The predicted molar refractivity (Wildman–Crippen MR) is 161 cm³/mol. The summed E-state index contributed by atoms with van der Waals surface area (Å²) >= 11 is 1.54. The van der Waals surface area contributed by atoms with E-state index < -0.39 is 17.9 Å². The smallest absolute Gasteiger partial charge is 0.326 e. The van der Waals surface area contributed by atoms with Gasteiger partial charge in [0.15, 0.2) is 5.78 Å². The molecule has 0 unspecified atom stereocenters. The highest BCUT2D eigenvalue weighted by molar-refractivity contribution is 7.98. The minimum atomic E-state index is -1.05. The van der Waals surface area contributed by atoms with Gasteiger partial charge in [0.1, 0.15) is 24.2 Å². The SMILES string of the molecule is CSCC[C@H](NC(=O)c1ccc(COCc2ccc(-c3ccc(C(C)=O)cc3)o2)cc1-c1ccccc1C)C(=O)O. The maximum atomic E-state index is 13.3. The minimum Gasteiger partial charge on any atom is -0.480 e. The van der Waals surface area contributed by atoms with Crippen LogP contribution in [-0.4, -0.2) is 40.8 Å². The molecule has 8 heteroatoms. The third kappa shape index (κ3) is 7.74. The summed E-state index contributed by atoms with van der Waals surface area (Å²) in [6.07, 6.45) is 2.24. The number of nitrogens with one attached hydrogen (secondary N) is 1. The molecule has 3 aromatic carbocycles. The Bertz CT molecular complexity index is 1520. The van der Waals surface area contributed by atoms with Crippen molar-refractivity contribution in [2.24, 2.45) is 0 Å². The van der Waals surface area contributed by atoms with E-state index in [2.05, 4.69) is 5.32 Å². The van der Waals surface area contributed by atoms with Gasteiger partial charge in [-0.2, -0.15) is 11.8 Å². The maximum absolute atomic E-state index is 13.3. The molecule has 0 spiro atoms. The first-order valence-electron chi connectivity index (χ1n) is 13.3. The van der Waals surface area contributed by atoms with E-state index in [0.717, 1.165) is 22.3 Å². The van der Waals surface area contributed by atoms with Crippen LogP contribution in [-0.2, 0) is 22.7 Å². The number of amides is 1. The highest BCUT2D eigenvalue weighted by Gasteiger charge is 2.23. The normalized spacial score (nSPS) is 11.7. The van der Waals surface area contributed by atoms with Crippen LogP contribution in [0.1, 0.15) is 50.9 Å². The van der Waals surface area contributed by atoms with Crippen molar-refractivity contribution >= 4 is 29.4 Å². The Kier molecular flexibility index (Phi) is 10.2. The molecular formula is C33H33NO6S. The molecule has 0 aliphatic heterocycles. The van der Waals surface area contributed by atoms with Crippen LogP contribution in [0.15, 0.2) is 83.3 Å². The van der Waals surface area contributed by atoms with Crippen LogP contribution < -0.4 is 5.32 Å². The van der Waals surface area contributed by atoms with Crippen LogP contribution in [0.4, 0.5) is 0 Å². The number of ether oxygens (including phenoxy) is 1. The van der Waals surface area contributed by atoms with E-state index in [4.69, 9.17) is 9.15 Å². The number of benzene rings is 3. The van der Waals surface area contributed by atoms with Crippen molar-refractivity contribution in [3.63, 3.8) is 0 Å². The fourth-order valence-electron chi connectivity index (χ4n) is 4.46. The molecule has 1 atom stereocenters. The molecular weight excluding hydrogens is 538 g/mol. The molecule has 0 bridgehead atoms. The number of hydrogen-bond acceptors (Lipinski definition) is 6. The van der Waals surface area contributed by atoms with E-state index in [0.29, 0.717) is 40.4 Å². The number of carbonyl (C=O) groups excluding carboxylic acids is 2. The zero-order valence-corrected chi connectivity index (χ0v) is 24.1. The number of aryl methyl sites for hydroxylation is 1. The van der Waals surface area contributed by atoms with Gasteiger partial charge < -0.3 is 19.6 Å². The van der Waals surface area contributed by atoms with Crippen LogP contribution in [0.3, 0.4) is 0 Å². The minimum absolute atomic E-state index is 0.0138. The first kappa shape index (κ1) is 29.8. The quantitative estimate of drug-likeness (QED) is 0.170. The van der Waals surface area contributed by atoms with Gasteiger partial charge in [0.25, 0.3) is 5.91 Å². The molecule has 212 valence electrons. The van der Waals surface area contributed by atoms with Gasteiger partial charge in [0.05, 0.1) is 6.61 Å². The third-order valence-corrected chi connectivity index (χ3v) is 7.37. The molecule has 4 aromatic rings. The zero-order valence-electron chi connectivity index (χ0n) is 23.3. The van der Waals surface area contributed by atoms with Gasteiger partial charge in [-0.05, 0) is 78.8 Å². The zero-order chi connectivity index (χ0) is 29.4. The Labute approximate surface area is 243 Å². The molecule has 0 aliphatic carbocycles. The highest BCUT2D eigenvalue weighted by atomic mass is 32.2. The fourth-order valence-corrected chi connectivity index (χ4v) is 4.93. The number of rotatable bonds is 13. The Balaban J connectivity index is 1.49. The van der Waals surface area contributed by atoms with Crippen LogP contribution >= 0.6 is 11.8 Å². The summed E-state index contributed by atoms with van der Waals surface area (Å²) in [5.41, 5.74) is 5.39. The van der Waals surface area contributed by atoms with E-state index in [1.807, 2.05) is 73.8 Å². The Morgan fingerprint density at radius 2 is 1.71 bits per heavy atom. The first-order valence-corrected chi connectivity index (χ1v) is 14.7. The van der Waals surface area contributed by atoms with Gasteiger partial charge in [0.2, 0.25) is 0 Å². The standard InChI is InChI=1S/C33H33NO6S/c1-21-6-4-5-7-27(21)29-18-23(8-14-28(29)32(36)34-30(33(37)38)16-17-41-3)19-39-20-26-13-15-31(40-26)25-11-9-24(10-12-25)22(2)35/h4-15,18,30H,16-17,19-20H2,1-3H3,(H,34,36)(H,37,38)/t30-/m0/s1. The number of carbonyl (C=O) groups is 3. The molecule has 7 nitrogen and oxygen atoms in total. The van der Waals surface area contributed by atoms with E-state index in [1.165, 1.54) is 18.7 Å². The Morgan fingerprint density at radius 1 is 0.951 bits per heavy atom. The largest absolute Gasteiger partial charge is 0.480 e. The molecule has 2 N–H and O–H groups in total. The molecule has 0 radical (unpaired) electrons. The highest BCUT2D eigenvalue weighted by Crippen LogP contribution is 2.29. The number of aliphatic carboxylic acids is 1. The molecule has 1 amide bonds. The average molecular weight is 572 g/mol. The third-order valence-electron chi connectivity index (χ3n) is 6.73. The molecule has 0 aliphatic rings. The second-order valence-corrected chi connectivity index (χ2v) is 10.7. The van der Waals surface area contributed by atoms with Crippen molar-refractivity contribution in [1.29, 1.82) is 0 Å². The summed E-state index contributed by atoms with van der Waals surface area (Å²) in [6, 6.07) is 23.2. The van der Waals surface area contributed by atoms with Crippen molar-refractivity contribution < 1.29 is 28.6 Å². The lowest BCUT2D eigenvalue weighted by Crippen LogP contribution is -2.41. The average Bonchev–Trinajstić information content (AvgIpc) is 3.44. The number of Topliss-reactive ketones (excluding diaryl/α,β-unsaturated/α-hetero) is 1. The van der Waals surface area contributed by atoms with Crippen LogP contribution in [0.25, 0.3) is 22.5 Å². The lowest BCUT2D eigenvalue weighted by atomic mass is 9.93. The summed E-state index contributed by atoms with van der Waals surface area (Å²) in [4.78, 5) is 36.5. The van der Waals surface area contributed by atoms with Gasteiger partial charge in [-0.3, -0.25) is 9.59 Å². The van der Waals surface area contributed by atoms with Gasteiger partial charge in [0, 0.05) is 16.7 Å². The fraction of sp³-hybridized carbons (Fsp3) is 0.242. The molecule has 0 saturated carbocycles. The number of ketones is 1. The summed E-state index contributed by atoms with van der Waals surface area (Å²) in [5.74, 6) is 0.512. The van der Waals surface area contributed by atoms with E-state index >= 15 is 0 Å². The monoisotopic (exact) mass is 571 g/mol. The summed E-state index contributed by atoms with van der Waals surface area (Å²) in [6.45, 7) is 4.05. The van der Waals surface area contributed by atoms with Gasteiger partial charge >= 0.3 is 5.97 Å². The van der Waals surface area contributed by atoms with Crippen molar-refractivity contribution in [3.05, 3.63) is 107 Å². The number of furan rings is 1. The van der Waals surface area contributed by atoms with Gasteiger partial charge in [-0.15, -0.1) is 0 Å². The molecule has 4 rings (SSSR count). The molecule has 1 aromatic heterocycles. The predicted octanol–water partition coefficient (Wildman–Crippen LogP) is 6.78. The van der Waals surface area contributed by atoms with Crippen molar-refractivity contribution in [2.45, 2.75) is 39.5 Å². The first-order chi connectivity index (χ1) is 19.8. The topological polar surface area (TPSA) is 106 Å². The summed E-state index contributed by atoms with van der Waals surface area (Å²) in [5, 5.41) is 12.3. The van der Waals surface area contributed by atoms with Crippen molar-refractivity contribution in [1.82, 2.24) is 5.32 Å². The second kappa shape index (κ2) is 14.0. The lowest BCUT2D eigenvalue weighted by Gasteiger charge is -2.17. The van der Waals surface area contributed by atoms with E-state index in [9.17, 15) is 19.5 Å². The molecule has 0 saturated heterocycles. The number of hydrogen-bond donors (Lipinski definition) is 2. The molecule has 41 heavy (non-hydrogen) atoms. The second-order valence-electron chi connectivity index (χ2n) is 9.73. The van der Waals surface area contributed by atoms with Crippen LogP contribution in [0.5, 0.6) is 0 Å². The van der Waals surface area contributed by atoms with Crippen molar-refractivity contribution in [3.8, 4) is 22.5 Å². The number of carboxylic acid groups (broad SMARTS) is 1. The van der Waals surface area contributed by atoms with Crippen molar-refractivity contribution in [2.75, 3.05) is 12.0 Å². The van der Waals surface area contributed by atoms with E-state index in [1.54, 1.807) is 18.2 Å².